The van der Waals surface area contributed by atoms with Crippen LogP contribution in [0.15, 0.2) is 12.2 Å². The van der Waals surface area contributed by atoms with Crippen molar-refractivity contribution in [1.29, 1.82) is 0 Å². The molecular weight excluding hydrogens is 250 g/mol. The molecule has 0 aliphatic carbocycles. The van der Waals surface area contributed by atoms with Crippen LogP contribution in [-0.2, 0) is 19.1 Å². The van der Waals surface area contributed by atoms with Crippen LogP contribution in [0.3, 0.4) is 0 Å². The molecule has 108 valence electrons. The average molecular weight is 271 g/mol. The van der Waals surface area contributed by atoms with E-state index in [1.165, 1.54) is 0 Å². The van der Waals surface area contributed by atoms with Crippen LogP contribution >= 0.6 is 0 Å². The Bertz CT molecular complexity index is 310. The van der Waals surface area contributed by atoms with Gasteiger partial charge in [-0.3, -0.25) is 4.90 Å². The Balaban J connectivity index is 1.93. The van der Waals surface area contributed by atoms with E-state index in [9.17, 15) is 9.59 Å². The summed E-state index contributed by atoms with van der Waals surface area (Å²) in [5, 5.41) is 8.32. The molecule has 0 unspecified atom stereocenters. The number of carbonyl (C=O) groups excluding carboxylic acids is 1. The van der Waals surface area contributed by atoms with Crippen molar-refractivity contribution < 1.29 is 24.2 Å². The van der Waals surface area contributed by atoms with Gasteiger partial charge in [-0.25, -0.2) is 9.59 Å². The highest BCUT2D eigenvalue weighted by Gasteiger charge is 2.08. The van der Waals surface area contributed by atoms with Gasteiger partial charge in [0.1, 0.15) is 0 Å². The van der Waals surface area contributed by atoms with Gasteiger partial charge in [-0.1, -0.05) is 0 Å². The van der Waals surface area contributed by atoms with Gasteiger partial charge in [0, 0.05) is 25.2 Å². The fourth-order valence-electron chi connectivity index (χ4n) is 1.80. The predicted octanol–water partition coefficient (Wildman–Crippen LogP) is 0.673. The minimum Gasteiger partial charge on any atom is -0.478 e. The zero-order valence-electron chi connectivity index (χ0n) is 11.0. The summed E-state index contributed by atoms with van der Waals surface area (Å²) in [6.07, 6.45) is 4.57. The number of carbonyl (C=O) groups is 2. The molecule has 19 heavy (non-hydrogen) atoms. The maximum atomic E-state index is 11.0. The molecule has 0 saturated carbocycles. The first-order chi connectivity index (χ1) is 9.18. The van der Waals surface area contributed by atoms with Crippen molar-refractivity contribution in [3.63, 3.8) is 0 Å². The van der Waals surface area contributed by atoms with Crippen molar-refractivity contribution in [2.45, 2.75) is 19.3 Å². The van der Waals surface area contributed by atoms with Gasteiger partial charge >= 0.3 is 11.9 Å². The number of aliphatic carboxylic acids is 1. The summed E-state index contributed by atoms with van der Waals surface area (Å²) in [6.45, 7) is 5.01. The Kier molecular flexibility index (Phi) is 7.84. The lowest BCUT2D eigenvalue weighted by atomic mass is 10.2. The van der Waals surface area contributed by atoms with Crippen molar-refractivity contribution in [2.75, 3.05) is 39.5 Å². The van der Waals surface area contributed by atoms with Crippen LogP contribution in [0.25, 0.3) is 0 Å². The first kappa shape index (κ1) is 15.7. The molecule has 0 radical (unpaired) electrons. The van der Waals surface area contributed by atoms with E-state index in [1.54, 1.807) is 0 Å². The van der Waals surface area contributed by atoms with E-state index >= 15 is 0 Å². The minimum absolute atomic E-state index is 0.339. The van der Waals surface area contributed by atoms with Crippen LogP contribution in [0.5, 0.6) is 0 Å². The summed E-state index contributed by atoms with van der Waals surface area (Å²) < 4.78 is 10.1. The van der Waals surface area contributed by atoms with Gasteiger partial charge in [-0.2, -0.15) is 0 Å². The van der Waals surface area contributed by atoms with Crippen molar-refractivity contribution >= 4 is 11.9 Å². The van der Waals surface area contributed by atoms with Crippen molar-refractivity contribution in [3.05, 3.63) is 12.2 Å². The molecule has 1 saturated heterocycles. The molecule has 1 aliphatic rings. The molecule has 0 aromatic rings. The molecule has 1 rings (SSSR count). The van der Waals surface area contributed by atoms with Crippen LogP contribution < -0.4 is 0 Å². The van der Waals surface area contributed by atoms with Crippen molar-refractivity contribution in [1.82, 2.24) is 4.90 Å². The standard InChI is InChI=1S/C13H21NO5/c15-12(16)4-5-13(17)19-9-3-1-2-6-14-7-10-18-11-8-14/h4-5H,1-3,6-11H2,(H,15,16)/b5-4+. The average Bonchev–Trinajstić information content (AvgIpc) is 2.41. The second-order valence-corrected chi connectivity index (χ2v) is 4.35. The maximum Gasteiger partial charge on any atom is 0.331 e. The monoisotopic (exact) mass is 271 g/mol. The van der Waals surface area contributed by atoms with Gasteiger partial charge in [-0.05, 0) is 25.8 Å². The first-order valence-electron chi connectivity index (χ1n) is 6.56. The second kappa shape index (κ2) is 9.52. The molecule has 6 heteroatoms. The van der Waals surface area contributed by atoms with E-state index in [0.29, 0.717) is 6.61 Å². The molecular formula is C13H21NO5. The fraction of sp³-hybridized carbons (Fsp3) is 0.692. The van der Waals surface area contributed by atoms with Crippen LogP contribution in [0.4, 0.5) is 0 Å². The zero-order chi connectivity index (χ0) is 13.9. The molecule has 1 fully saturated rings. The predicted molar refractivity (Wildman–Crippen MR) is 68.8 cm³/mol. The molecule has 0 aromatic carbocycles. The van der Waals surface area contributed by atoms with Gasteiger partial charge < -0.3 is 14.6 Å². The van der Waals surface area contributed by atoms with Gasteiger partial charge in [0.15, 0.2) is 0 Å². The van der Waals surface area contributed by atoms with Crippen molar-refractivity contribution in [2.24, 2.45) is 0 Å². The molecule has 6 nitrogen and oxygen atoms in total. The Morgan fingerprint density at radius 2 is 1.89 bits per heavy atom. The number of rotatable bonds is 8. The number of hydrogen-bond donors (Lipinski definition) is 1. The third kappa shape index (κ3) is 8.34. The topological polar surface area (TPSA) is 76.1 Å². The highest BCUT2D eigenvalue weighted by molar-refractivity contribution is 5.90. The third-order valence-corrected chi connectivity index (χ3v) is 2.83. The van der Waals surface area contributed by atoms with Gasteiger partial charge in [0.05, 0.1) is 19.8 Å². The Labute approximate surface area is 113 Å². The minimum atomic E-state index is -1.15. The largest absolute Gasteiger partial charge is 0.478 e. The molecule has 0 atom stereocenters. The second-order valence-electron chi connectivity index (χ2n) is 4.35. The van der Waals surface area contributed by atoms with Gasteiger partial charge in [0.2, 0.25) is 0 Å². The van der Waals surface area contributed by atoms with E-state index in [0.717, 1.165) is 64.3 Å². The van der Waals surface area contributed by atoms with Gasteiger partial charge in [0.25, 0.3) is 0 Å². The smallest absolute Gasteiger partial charge is 0.331 e. The number of esters is 1. The van der Waals surface area contributed by atoms with Crippen LogP contribution in [0.1, 0.15) is 19.3 Å². The van der Waals surface area contributed by atoms with Crippen LogP contribution in [0, 0.1) is 0 Å². The lowest BCUT2D eigenvalue weighted by molar-refractivity contribution is -0.138. The van der Waals surface area contributed by atoms with Crippen LogP contribution in [-0.4, -0.2) is 61.4 Å². The van der Waals surface area contributed by atoms with Crippen LogP contribution in [0.2, 0.25) is 0 Å². The molecule has 0 amide bonds. The summed E-state index contributed by atoms with van der Waals surface area (Å²) in [5.74, 6) is -1.75. The maximum absolute atomic E-state index is 11.0. The summed E-state index contributed by atoms with van der Waals surface area (Å²) in [6, 6.07) is 0. The number of unbranched alkanes of at least 4 members (excludes halogenated alkanes) is 2. The van der Waals surface area contributed by atoms with E-state index in [4.69, 9.17) is 14.6 Å². The summed E-state index contributed by atoms with van der Waals surface area (Å²) >= 11 is 0. The Hall–Kier alpha value is -1.40. The van der Waals surface area contributed by atoms with E-state index in [2.05, 4.69) is 4.90 Å². The SMILES string of the molecule is O=C(O)/C=C/C(=O)OCCCCCN1CCOCC1. The normalized spacial score (nSPS) is 16.6. The van der Waals surface area contributed by atoms with Gasteiger partial charge in [-0.15, -0.1) is 0 Å². The van der Waals surface area contributed by atoms with E-state index in [1.807, 2.05) is 0 Å². The molecule has 1 aliphatic heterocycles. The molecule has 0 spiro atoms. The fourth-order valence-corrected chi connectivity index (χ4v) is 1.80. The summed E-state index contributed by atoms with van der Waals surface area (Å²) in [7, 11) is 0. The zero-order valence-corrected chi connectivity index (χ0v) is 11.0. The number of carboxylic acids is 1. The molecule has 0 aromatic heterocycles. The van der Waals surface area contributed by atoms with E-state index < -0.39 is 11.9 Å². The van der Waals surface area contributed by atoms with Crippen molar-refractivity contribution in [3.8, 4) is 0 Å². The highest BCUT2D eigenvalue weighted by atomic mass is 16.5. The molecule has 1 heterocycles. The lowest BCUT2D eigenvalue weighted by Gasteiger charge is -2.26. The highest BCUT2D eigenvalue weighted by Crippen LogP contribution is 2.02. The summed E-state index contributed by atoms with van der Waals surface area (Å²) in [5.41, 5.74) is 0. The molecule has 0 bridgehead atoms. The number of morpholine rings is 1. The quantitative estimate of drug-likeness (QED) is 0.397. The molecule has 1 N–H and O–H groups in total. The number of hydrogen-bond acceptors (Lipinski definition) is 5. The number of nitrogens with zero attached hydrogens (tertiary/aromatic N) is 1. The first-order valence-corrected chi connectivity index (χ1v) is 6.56. The number of carboxylic acid groups (broad SMARTS) is 1. The third-order valence-electron chi connectivity index (χ3n) is 2.83. The Morgan fingerprint density at radius 3 is 2.58 bits per heavy atom. The van der Waals surface area contributed by atoms with E-state index in [-0.39, 0.29) is 0 Å². The summed E-state index contributed by atoms with van der Waals surface area (Å²) in [4.78, 5) is 23.6. The Morgan fingerprint density at radius 1 is 1.16 bits per heavy atom. The number of ether oxygens (including phenoxy) is 2. The lowest BCUT2D eigenvalue weighted by Crippen LogP contribution is -2.36.